The Hall–Kier alpha value is -3.28. The molecule has 27 heavy (non-hydrogen) atoms. The summed E-state index contributed by atoms with van der Waals surface area (Å²) in [5, 5.41) is 3.02. The maximum atomic E-state index is 12.6. The molecule has 1 atom stereocenters. The van der Waals surface area contributed by atoms with Gasteiger partial charge < -0.3 is 19.8 Å². The Morgan fingerprint density at radius 2 is 2.22 bits per heavy atom. The van der Waals surface area contributed by atoms with E-state index in [2.05, 4.69) is 15.3 Å². The van der Waals surface area contributed by atoms with Gasteiger partial charge in [-0.1, -0.05) is 24.3 Å². The SMILES string of the molecule is COc1cccc2c1OC[C@H](CNC(=O)c1cccc(-c3ncc[nH]3)c1)C2. The summed E-state index contributed by atoms with van der Waals surface area (Å²) < 4.78 is 11.2. The van der Waals surface area contributed by atoms with Crippen molar-refractivity contribution in [2.24, 2.45) is 5.92 Å². The van der Waals surface area contributed by atoms with E-state index in [4.69, 9.17) is 9.47 Å². The predicted octanol–water partition coefficient (Wildman–Crippen LogP) is 3.07. The first kappa shape index (κ1) is 17.1. The number of fused-ring (bicyclic) bond motifs is 1. The molecule has 0 unspecified atom stereocenters. The highest BCUT2D eigenvalue weighted by molar-refractivity contribution is 5.95. The smallest absolute Gasteiger partial charge is 0.251 e. The number of hydrogen-bond donors (Lipinski definition) is 2. The lowest BCUT2D eigenvalue weighted by atomic mass is 9.96. The third-order valence-electron chi connectivity index (χ3n) is 4.70. The third-order valence-corrected chi connectivity index (χ3v) is 4.70. The maximum absolute atomic E-state index is 12.6. The summed E-state index contributed by atoms with van der Waals surface area (Å²) >= 11 is 0. The lowest BCUT2D eigenvalue weighted by molar-refractivity contribution is 0.0938. The van der Waals surface area contributed by atoms with Crippen LogP contribution in [0, 0.1) is 5.92 Å². The lowest BCUT2D eigenvalue weighted by Gasteiger charge is -2.26. The van der Waals surface area contributed by atoms with E-state index in [1.807, 2.05) is 36.4 Å². The molecule has 1 amide bonds. The second-order valence-corrected chi connectivity index (χ2v) is 6.56. The number of amides is 1. The molecule has 1 aliphatic heterocycles. The fourth-order valence-electron chi connectivity index (χ4n) is 3.32. The van der Waals surface area contributed by atoms with E-state index in [0.29, 0.717) is 18.7 Å². The second-order valence-electron chi connectivity index (χ2n) is 6.56. The summed E-state index contributed by atoms with van der Waals surface area (Å²) in [6.07, 6.45) is 4.30. The predicted molar refractivity (Wildman–Crippen MR) is 102 cm³/mol. The summed E-state index contributed by atoms with van der Waals surface area (Å²) in [4.78, 5) is 19.8. The lowest BCUT2D eigenvalue weighted by Crippen LogP contribution is -2.34. The first-order valence-corrected chi connectivity index (χ1v) is 8.91. The van der Waals surface area contributed by atoms with Crippen LogP contribution in [0.3, 0.4) is 0 Å². The van der Waals surface area contributed by atoms with Gasteiger partial charge in [0.25, 0.3) is 5.91 Å². The number of benzene rings is 2. The van der Waals surface area contributed by atoms with E-state index < -0.39 is 0 Å². The van der Waals surface area contributed by atoms with Crippen LogP contribution in [0.15, 0.2) is 54.9 Å². The van der Waals surface area contributed by atoms with E-state index in [0.717, 1.165) is 34.9 Å². The molecule has 1 aromatic heterocycles. The number of nitrogens with zero attached hydrogens (tertiary/aromatic N) is 1. The van der Waals surface area contributed by atoms with Gasteiger partial charge in [-0.3, -0.25) is 4.79 Å². The van der Waals surface area contributed by atoms with Crippen LogP contribution in [0.25, 0.3) is 11.4 Å². The number of carbonyl (C=O) groups is 1. The van der Waals surface area contributed by atoms with Crippen LogP contribution in [0.4, 0.5) is 0 Å². The Morgan fingerprint density at radius 1 is 1.33 bits per heavy atom. The number of nitrogens with one attached hydrogen (secondary N) is 2. The monoisotopic (exact) mass is 363 g/mol. The average molecular weight is 363 g/mol. The molecule has 138 valence electrons. The number of aromatic amines is 1. The number of hydrogen-bond acceptors (Lipinski definition) is 4. The summed E-state index contributed by atoms with van der Waals surface area (Å²) in [5.74, 6) is 2.44. The molecule has 0 saturated carbocycles. The Morgan fingerprint density at radius 3 is 3.04 bits per heavy atom. The van der Waals surface area contributed by atoms with Crippen molar-refractivity contribution in [1.29, 1.82) is 0 Å². The molecule has 1 aliphatic rings. The molecule has 0 aliphatic carbocycles. The maximum Gasteiger partial charge on any atom is 0.251 e. The minimum atomic E-state index is -0.0974. The fraction of sp³-hybridized carbons (Fsp3) is 0.238. The third kappa shape index (κ3) is 3.65. The number of para-hydroxylation sites is 1. The standard InChI is InChI=1S/C21H21N3O3/c1-26-18-7-3-4-15-10-14(13-27-19(15)18)12-24-21(25)17-6-2-5-16(11-17)20-22-8-9-23-20/h2-9,11,14H,10,12-13H2,1H3,(H,22,23)(H,24,25)/t14-/m0/s1. The number of H-pyrrole nitrogens is 1. The van der Waals surface area contributed by atoms with Crippen molar-refractivity contribution < 1.29 is 14.3 Å². The van der Waals surface area contributed by atoms with Crippen LogP contribution >= 0.6 is 0 Å². The van der Waals surface area contributed by atoms with E-state index in [-0.39, 0.29) is 11.8 Å². The fourth-order valence-corrected chi connectivity index (χ4v) is 3.32. The minimum Gasteiger partial charge on any atom is -0.493 e. The van der Waals surface area contributed by atoms with E-state index in [1.54, 1.807) is 25.6 Å². The number of rotatable bonds is 5. The zero-order valence-electron chi connectivity index (χ0n) is 15.1. The van der Waals surface area contributed by atoms with Crippen LogP contribution in [0.5, 0.6) is 11.5 Å². The molecule has 6 heteroatoms. The number of carbonyl (C=O) groups excluding carboxylic acids is 1. The molecule has 2 heterocycles. The molecule has 3 aromatic rings. The molecule has 2 N–H and O–H groups in total. The quantitative estimate of drug-likeness (QED) is 0.730. The van der Waals surface area contributed by atoms with E-state index >= 15 is 0 Å². The van der Waals surface area contributed by atoms with Crippen LogP contribution in [0.2, 0.25) is 0 Å². The zero-order chi connectivity index (χ0) is 18.6. The first-order chi connectivity index (χ1) is 13.2. The number of methoxy groups -OCH3 is 1. The minimum absolute atomic E-state index is 0.0974. The molecule has 0 saturated heterocycles. The van der Waals surface area contributed by atoms with Crippen LogP contribution < -0.4 is 14.8 Å². The van der Waals surface area contributed by atoms with Crippen LogP contribution in [-0.2, 0) is 6.42 Å². The first-order valence-electron chi connectivity index (χ1n) is 8.91. The van der Waals surface area contributed by atoms with Crippen molar-refractivity contribution in [1.82, 2.24) is 15.3 Å². The Bertz CT molecular complexity index is 938. The van der Waals surface area contributed by atoms with Crippen LogP contribution in [-0.4, -0.2) is 36.1 Å². The van der Waals surface area contributed by atoms with E-state index in [9.17, 15) is 4.79 Å². The topological polar surface area (TPSA) is 76.2 Å². The molecule has 4 rings (SSSR count). The summed E-state index contributed by atoms with van der Waals surface area (Å²) in [5.41, 5.74) is 2.61. The zero-order valence-corrected chi connectivity index (χ0v) is 15.1. The highest BCUT2D eigenvalue weighted by Crippen LogP contribution is 2.35. The molecule has 0 radical (unpaired) electrons. The number of imidazole rings is 1. The summed E-state index contributed by atoms with van der Waals surface area (Å²) in [6.45, 7) is 1.11. The summed E-state index contributed by atoms with van der Waals surface area (Å²) in [6, 6.07) is 13.3. The van der Waals surface area contributed by atoms with Crippen molar-refractivity contribution in [3.8, 4) is 22.9 Å². The van der Waals surface area contributed by atoms with Gasteiger partial charge >= 0.3 is 0 Å². The highest BCUT2D eigenvalue weighted by atomic mass is 16.5. The van der Waals surface area contributed by atoms with Gasteiger partial charge in [-0.05, 0) is 30.2 Å². The van der Waals surface area contributed by atoms with Crippen molar-refractivity contribution in [3.05, 3.63) is 66.0 Å². The van der Waals surface area contributed by atoms with Crippen molar-refractivity contribution in [3.63, 3.8) is 0 Å². The van der Waals surface area contributed by atoms with Gasteiger partial charge in [0.05, 0.1) is 13.7 Å². The molecule has 0 bridgehead atoms. The van der Waals surface area contributed by atoms with E-state index in [1.165, 1.54) is 0 Å². The molecule has 0 fully saturated rings. The van der Waals surface area contributed by atoms with Gasteiger partial charge in [0, 0.05) is 36.0 Å². The normalized spacial score (nSPS) is 15.5. The molecule has 0 spiro atoms. The van der Waals surface area contributed by atoms with Crippen molar-refractivity contribution >= 4 is 5.91 Å². The Balaban J connectivity index is 1.39. The molecule has 2 aromatic carbocycles. The Labute approximate surface area is 157 Å². The van der Waals surface area contributed by atoms with Gasteiger partial charge in [0.15, 0.2) is 11.5 Å². The second kappa shape index (κ2) is 7.53. The Kier molecular flexibility index (Phi) is 4.78. The van der Waals surface area contributed by atoms with Gasteiger partial charge in [0.2, 0.25) is 0 Å². The number of aromatic nitrogens is 2. The van der Waals surface area contributed by atoms with Crippen molar-refractivity contribution in [2.45, 2.75) is 6.42 Å². The van der Waals surface area contributed by atoms with Gasteiger partial charge in [-0.15, -0.1) is 0 Å². The van der Waals surface area contributed by atoms with Crippen LogP contribution in [0.1, 0.15) is 15.9 Å². The van der Waals surface area contributed by atoms with Crippen molar-refractivity contribution in [2.75, 3.05) is 20.3 Å². The highest BCUT2D eigenvalue weighted by Gasteiger charge is 2.23. The average Bonchev–Trinajstić information content (AvgIpc) is 3.26. The van der Waals surface area contributed by atoms with Gasteiger partial charge in [-0.2, -0.15) is 0 Å². The van der Waals surface area contributed by atoms with Gasteiger partial charge in [0.1, 0.15) is 5.82 Å². The van der Waals surface area contributed by atoms with Gasteiger partial charge in [-0.25, -0.2) is 4.98 Å². The largest absolute Gasteiger partial charge is 0.493 e. The number of ether oxygens (including phenoxy) is 2. The molecular weight excluding hydrogens is 342 g/mol. The summed E-state index contributed by atoms with van der Waals surface area (Å²) in [7, 11) is 1.64. The molecular formula is C21H21N3O3. The molecule has 6 nitrogen and oxygen atoms in total.